The Kier molecular flexibility index (Phi) is 4.63. The molecule has 8 nitrogen and oxygen atoms in total. The normalized spacial score (nSPS) is 17.4. The van der Waals surface area contributed by atoms with Crippen molar-refractivity contribution in [1.29, 1.82) is 0 Å². The highest BCUT2D eigenvalue weighted by Gasteiger charge is 2.33. The lowest BCUT2D eigenvalue weighted by molar-refractivity contribution is -0.136. The Morgan fingerprint density at radius 2 is 2.13 bits per heavy atom. The molecule has 1 aromatic rings. The fourth-order valence-electron chi connectivity index (χ4n) is 2.46. The molecule has 1 aliphatic rings. The molecule has 23 heavy (non-hydrogen) atoms. The molecule has 1 aliphatic heterocycles. The average molecular weight is 320 g/mol. The zero-order valence-electron chi connectivity index (χ0n) is 12.7. The van der Waals surface area contributed by atoms with E-state index in [1.807, 2.05) is 0 Å². The van der Waals surface area contributed by atoms with E-state index in [0.29, 0.717) is 6.29 Å². The van der Waals surface area contributed by atoms with Crippen LogP contribution in [0.5, 0.6) is 11.5 Å². The van der Waals surface area contributed by atoms with Gasteiger partial charge in [0, 0.05) is 19.5 Å². The number of phenolic OH excluding ortho intramolecular Hbond substituents is 1. The van der Waals surface area contributed by atoms with Crippen LogP contribution in [-0.2, 0) is 9.59 Å². The number of piperidine rings is 1. The van der Waals surface area contributed by atoms with E-state index in [2.05, 4.69) is 5.32 Å². The highest BCUT2D eigenvalue weighted by atomic mass is 16.5. The van der Waals surface area contributed by atoms with Crippen LogP contribution in [0.25, 0.3) is 0 Å². The van der Waals surface area contributed by atoms with Crippen LogP contribution in [0, 0.1) is 0 Å². The first-order chi connectivity index (χ1) is 10.9. The topological polar surface area (TPSA) is 113 Å². The number of benzene rings is 1. The number of ether oxygens (including phenoxy) is 1. The van der Waals surface area contributed by atoms with Gasteiger partial charge in [0.25, 0.3) is 5.91 Å². The number of nitrogens with one attached hydrogen (secondary N) is 1. The third-order valence-corrected chi connectivity index (χ3v) is 3.69. The van der Waals surface area contributed by atoms with Crippen LogP contribution in [0.4, 0.5) is 0 Å². The van der Waals surface area contributed by atoms with E-state index >= 15 is 0 Å². The Morgan fingerprint density at radius 1 is 1.43 bits per heavy atom. The van der Waals surface area contributed by atoms with Crippen molar-refractivity contribution in [2.75, 3.05) is 14.2 Å². The molecule has 122 valence electrons. The molecule has 0 aromatic heterocycles. The van der Waals surface area contributed by atoms with Crippen LogP contribution < -0.4 is 10.1 Å². The van der Waals surface area contributed by atoms with E-state index in [1.165, 1.54) is 20.2 Å². The summed E-state index contributed by atoms with van der Waals surface area (Å²) in [5.74, 6) is -1.78. The van der Waals surface area contributed by atoms with E-state index < -0.39 is 17.9 Å². The Labute approximate surface area is 132 Å². The summed E-state index contributed by atoms with van der Waals surface area (Å²) in [5.41, 5.74) is -0.0986. The molecule has 8 heteroatoms. The molecule has 0 radical (unpaired) electrons. The number of likely N-dealkylation sites (N-methyl/N-ethyl adjacent to an activating group) is 1. The predicted octanol–water partition coefficient (Wildman–Crippen LogP) is 0.0905. The van der Waals surface area contributed by atoms with E-state index in [9.17, 15) is 24.3 Å². The van der Waals surface area contributed by atoms with Gasteiger partial charge in [0.05, 0.1) is 18.2 Å². The summed E-state index contributed by atoms with van der Waals surface area (Å²) in [5, 5.41) is 11.8. The van der Waals surface area contributed by atoms with Crippen LogP contribution in [0.3, 0.4) is 0 Å². The number of carbonyl (C=O) groups excluding carboxylic acids is 4. The first-order valence-corrected chi connectivity index (χ1v) is 6.86. The molecule has 0 bridgehead atoms. The number of carbonyl (C=O) groups is 4. The highest BCUT2D eigenvalue weighted by Crippen LogP contribution is 2.28. The molecule has 1 saturated heterocycles. The lowest BCUT2D eigenvalue weighted by Crippen LogP contribution is -2.53. The summed E-state index contributed by atoms with van der Waals surface area (Å²) in [6.07, 6.45) is 0.765. The van der Waals surface area contributed by atoms with Gasteiger partial charge in [0.1, 0.15) is 17.5 Å². The van der Waals surface area contributed by atoms with Gasteiger partial charge in [-0.2, -0.15) is 0 Å². The number of hydrogen-bond donors (Lipinski definition) is 2. The first kappa shape index (κ1) is 16.5. The third kappa shape index (κ3) is 3.15. The summed E-state index contributed by atoms with van der Waals surface area (Å²) in [4.78, 5) is 48.1. The number of aldehydes is 1. The van der Waals surface area contributed by atoms with Crippen molar-refractivity contribution < 1.29 is 29.0 Å². The lowest BCUT2D eigenvalue weighted by atomic mass is 10.0. The molecule has 1 heterocycles. The number of imide groups is 1. The van der Waals surface area contributed by atoms with E-state index in [0.717, 1.165) is 11.0 Å². The van der Waals surface area contributed by atoms with Gasteiger partial charge in [-0.25, -0.2) is 0 Å². The molecule has 1 unspecified atom stereocenters. The Bertz CT molecular complexity index is 685. The molecule has 0 aliphatic carbocycles. The Morgan fingerprint density at radius 3 is 2.70 bits per heavy atom. The van der Waals surface area contributed by atoms with Gasteiger partial charge < -0.3 is 14.7 Å². The van der Waals surface area contributed by atoms with Gasteiger partial charge in [-0.15, -0.1) is 0 Å². The zero-order valence-corrected chi connectivity index (χ0v) is 12.7. The van der Waals surface area contributed by atoms with Crippen molar-refractivity contribution in [3.8, 4) is 11.5 Å². The van der Waals surface area contributed by atoms with Gasteiger partial charge in [-0.05, 0) is 12.5 Å². The molecule has 0 spiro atoms. The van der Waals surface area contributed by atoms with E-state index in [4.69, 9.17) is 4.74 Å². The SMILES string of the molecule is COc1cc(O)cc(C(=O)N(C)C2CCC(=O)NC2=O)c1C=O. The van der Waals surface area contributed by atoms with Gasteiger partial charge >= 0.3 is 0 Å². The van der Waals surface area contributed by atoms with Gasteiger partial charge in [-0.3, -0.25) is 24.5 Å². The second-order valence-corrected chi connectivity index (χ2v) is 5.11. The summed E-state index contributed by atoms with van der Waals surface area (Å²) >= 11 is 0. The molecule has 1 atom stereocenters. The Hall–Kier alpha value is -2.90. The number of rotatable bonds is 4. The van der Waals surface area contributed by atoms with Crippen molar-refractivity contribution in [3.63, 3.8) is 0 Å². The van der Waals surface area contributed by atoms with E-state index in [-0.39, 0.29) is 41.4 Å². The van der Waals surface area contributed by atoms with Gasteiger partial charge in [-0.1, -0.05) is 0 Å². The minimum atomic E-state index is -0.826. The summed E-state index contributed by atoms with van der Waals surface area (Å²) in [6, 6.07) is 1.52. The number of phenols is 1. The zero-order chi connectivity index (χ0) is 17.1. The second kappa shape index (κ2) is 6.47. The monoisotopic (exact) mass is 320 g/mol. The maximum absolute atomic E-state index is 12.6. The number of amides is 3. The highest BCUT2D eigenvalue weighted by molar-refractivity contribution is 6.07. The molecule has 1 fully saturated rings. The largest absolute Gasteiger partial charge is 0.508 e. The first-order valence-electron chi connectivity index (χ1n) is 6.86. The molecule has 3 amide bonds. The molecule has 2 N–H and O–H groups in total. The number of hydrogen-bond acceptors (Lipinski definition) is 6. The van der Waals surface area contributed by atoms with Crippen molar-refractivity contribution in [2.45, 2.75) is 18.9 Å². The van der Waals surface area contributed by atoms with Crippen LogP contribution in [0.1, 0.15) is 33.6 Å². The molecule has 0 saturated carbocycles. The number of methoxy groups -OCH3 is 1. The minimum absolute atomic E-state index is 0.0190. The second-order valence-electron chi connectivity index (χ2n) is 5.11. The standard InChI is InChI=1S/C15H16N2O6/c1-17(11-3-4-13(20)16-14(11)21)15(22)9-5-8(19)6-12(23-2)10(9)7-18/h5-7,11,19H,3-4H2,1-2H3,(H,16,20,21). The summed E-state index contributed by atoms with van der Waals surface area (Å²) in [7, 11) is 2.70. The van der Waals surface area contributed by atoms with Crippen LogP contribution in [0.15, 0.2) is 12.1 Å². The van der Waals surface area contributed by atoms with Crippen LogP contribution in [0.2, 0.25) is 0 Å². The summed E-state index contributed by atoms with van der Waals surface area (Å²) in [6.45, 7) is 0. The van der Waals surface area contributed by atoms with Crippen LogP contribution >= 0.6 is 0 Å². The minimum Gasteiger partial charge on any atom is -0.508 e. The van der Waals surface area contributed by atoms with Gasteiger partial charge in [0.15, 0.2) is 6.29 Å². The van der Waals surface area contributed by atoms with Crippen molar-refractivity contribution >= 4 is 24.0 Å². The van der Waals surface area contributed by atoms with Crippen molar-refractivity contribution in [1.82, 2.24) is 10.2 Å². The molecular formula is C15H16N2O6. The quantitative estimate of drug-likeness (QED) is 0.600. The van der Waals surface area contributed by atoms with E-state index in [1.54, 1.807) is 0 Å². The Balaban J connectivity index is 2.36. The number of nitrogens with zero attached hydrogens (tertiary/aromatic N) is 1. The maximum Gasteiger partial charge on any atom is 0.255 e. The lowest BCUT2D eigenvalue weighted by Gasteiger charge is -2.30. The average Bonchev–Trinajstić information content (AvgIpc) is 2.52. The van der Waals surface area contributed by atoms with Crippen LogP contribution in [-0.4, -0.2) is 54.2 Å². The van der Waals surface area contributed by atoms with Crippen molar-refractivity contribution in [2.24, 2.45) is 0 Å². The maximum atomic E-state index is 12.6. The van der Waals surface area contributed by atoms with Gasteiger partial charge in [0.2, 0.25) is 11.8 Å². The predicted molar refractivity (Wildman–Crippen MR) is 78.3 cm³/mol. The number of aromatic hydroxyl groups is 1. The summed E-state index contributed by atoms with van der Waals surface area (Å²) < 4.78 is 4.98. The molecular weight excluding hydrogens is 304 g/mol. The smallest absolute Gasteiger partial charge is 0.255 e. The molecule has 1 aromatic carbocycles. The fraction of sp³-hybridized carbons (Fsp3) is 0.333. The fourth-order valence-corrected chi connectivity index (χ4v) is 2.46. The molecule has 2 rings (SSSR count). The third-order valence-electron chi connectivity index (χ3n) is 3.69. The van der Waals surface area contributed by atoms with Crippen molar-refractivity contribution in [3.05, 3.63) is 23.3 Å².